The van der Waals surface area contributed by atoms with E-state index in [1.807, 2.05) is 30.3 Å². The highest BCUT2D eigenvalue weighted by Gasteiger charge is 2.23. The van der Waals surface area contributed by atoms with Gasteiger partial charge in [0.1, 0.15) is 11.2 Å². The summed E-state index contributed by atoms with van der Waals surface area (Å²) in [5.74, 6) is 1.78. The number of hydrogen-bond acceptors (Lipinski definition) is 4. The van der Waals surface area contributed by atoms with Crippen molar-refractivity contribution in [1.29, 1.82) is 0 Å². The van der Waals surface area contributed by atoms with Crippen LogP contribution < -0.4 is 0 Å². The Kier molecular flexibility index (Phi) is 6.95. The number of benzene rings is 10. The molecule has 0 amide bonds. The van der Waals surface area contributed by atoms with E-state index in [9.17, 15) is 0 Å². The maximum atomic E-state index is 7.07. The smallest absolute Gasteiger partial charge is 0.167 e. The first kappa shape index (κ1) is 32.9. The van der Waals surface area contributed by atoms with Gasteiger partial charge in [-0.2, -0.15) is 0 Å². The summed E-state index contributed by atoms with van der Waals surface area (Å²) in [6.45, 7) is 0. The molecule has 3 aromatic heterocycles. The molecular formula is C55H32N4O. The second-order valence-corrected chi connectivity index (χ2v) is 15.6. The minimum atomic E-state index is 0.558. The van der Waals surface area contributed by atoms with E-state index in [0.717, 1.165) is 76.9 Å². The van der Waals surface area contributed by atoms with Crippen LogP contribution in [0.15, 0.2) is 199 Å². The van der Waals surface area contributed by atoms with Crippen LogP contribution in [0, 0.1) is 0 Å². The molecule has 0 aliphatic carbocycles. The Labute approximate surface area is 343 Å². The van der Waals surface area contributed by atoms with E-state index in [0.29, 0.717) is 17.5 Å². The van der Waals surface area contributed by atoms with Crippen molar-refractivity contribution in [3.8, 4) is 39.9 Å². The summed E-state index contributed by atoms with van der Waals surface area (Å²) in [7, 11) is 0. The van der Waals surface area contributed by atoms with Gasteiger partial charge < -0.3 is 8.98 Å². The van der Waals surface area contributed by atoms with Gasteiger partial charge in [-0.25, -0.2) is 15.0 Å². The van der Waals surface area contributed by atoms with Gasteiger partial charge in [0.05, 0.1) is 22.3 Å². The standard InChI is InChI=1S/C55H32N4O/c1-2-15-34(16-3-1)53-56-54(43-26-12-21-33-14-8-9-22-39(33)43)58-55(57-53)44-27-13-25-42-47-32-50(40-23-10-11-24-41(40)52(47)60-51(42)44)59-48-30-37-19-6-4-17-35(37)28-45(48)46-29-36-18-5-7-20-38(36)31-49(46)59/h1-32H. The second kappa shape index (κ2) is 12.7. The van der Waals surface area contributed by atoms with Crippen molar-refractivity contribution in [2.75, 3.05) is 0 Å². The summed E-state index contributed by atoms with van der Waals surface area (Å²) >= 11 is 0. The lowest BCUT2D eigenvalue weighted by Gasteiger charge is -2.13. The zero-order chi connectivity index (χ0) is 39.3. The van der Waals surface area contributed by atoms with Crippen molar-refractivity contribution in [2.24, 2.45) is 0 Å². The van der Waals surface area contributed by atoms with Crippen LogP contribution in [0.4, 0.5) is 0 Å². The van der Waals surface area contributed by atoms with Gasteiger partial charge in [-0.3, -0.25) is 0 Å². The van der Waals surface area contributed by atoms with Gasteiger partial charge in [-0.15, -0.1) is 0 Å². The molecule has 0 fully saturated rings. The molecule has 278 valence electrons. The van der Waals surface area contributed by atoms with Crippen LogP contribution in [0.25, 0.3) is 127 Å². The second-order valence-electron chi connectivity index (χ2n) is 15.6. The first-order chi connectivity index (χ1) is 29.7. The van der Waals surface area contributed by atoms with E-state index < -0.39 is 0 Å². The molecule has 5 heteroatoms. The SMILES string of the molecule is c1ccc(-c2nc(-c3cccc4ccccc34)nc(-c3cccc4c3oc3c5ccccc5c(-n5c6cc7ccccc7cc6c6cc7ccccc7cc65)cc43)n2)cc1. The zero-order valence-electron chi connectivity index (χ0n) is 32.2. The fourth-order valence-electron chi connectivity index (χ4n) is 9.36. The van der Waals surface area contributed by atoms with Crippen molar-refractivity contribution in [3.63, 3.8) is 0 Å². The minimum Gasteiger partial charge on any atom is -0.455 e. The molecule has 0 saturated carbocycles. The van der Waals surface area contributed by atoms with Crippen LogP contribution in [0.2, 0.25) is 0 Å². The largest absolute Gasteiger partial charge is 0.455 e. The van der Waals surface area contributed by atoms with Gasteiger partial charge in [0.15, 0.2) is 17.5 Å². The van der Waals surface area contributed by atoms with Crippen molar-refractivity contribution < 1.29 is 4.42 Å². The number of nitrogens with zero attached hydrogens (tertiary/aromatic N) is 4. The summed E-state index contributed by atoms with van der Waals surface area (Å²) in [6, 6.07) is 68.7. The average Bonchev–Trinajstić information content (AvgIpc) is 3.84. The first-order valence-electron chi connectivity index (χ1n) is 20.3. The van der Waals surface area contributed by atoms with Crippen molar-refractivity contribution in [3.05, 3.63) is 194 Å². The fraction of sp³-hybridized carbons (Fsp3) is 0. The van der Waals surface area contributed by atoms with Gasteiger partial charge >= 0.3 is 0 Å². The third-order valence-corrected chi connectivity index (χ3v) is 12.2. The zero-order valence-corrected chi connectivity index (χ0v) is 32.2. The van der Waals surface area contributed by atoms with E-state index in [-0.39, 0.29) is 0 Å². The summed E-state index contributed by atoms with van der Waals surface area (Å²) < 4.78 is 9.53. The van der Waals surface area contributed by atoms with Crippen LogP contribution >= 0.6 is 0 Å². The Balaban J connectivity index is 1.10. The summed E-state index contributed by atoms with van der Waals surface area (Å²) in [5.41, 5.74) is 7.68. The van der Waals surface area contributed by atoms with Crippen LogP contribution in [0.3, 0.4) is 0 Å². The molecule has 0 radical (unpaired) electrons. The average molecular weight is 765 g/mol. The summed E-state index contributed by atoms with van der Waals surface area (Å²) in [5, 5.41) is 13.7. The third-order valence-electron chi connectivity index (χ3n) is 12.2. The molecule has 0 saturated heterocycles. The van der Waals surface area contributed by atoms with Crippen LogP contribution in [-0.2, 0) is 0 Å². The number of furan rings is 1. The first-order valence-corrected chi connectivity index (χ1v) is 20.3. The number of hydrogen-bond donors (Lipinski definition) is 0. The monoisotopic (exact) mass is 764 g/mol. The van der Waals surface area contributed by atoms with Crippen LogP contribution in [0.5, 0.6) is 0 Å². The molecule has 0 aliphatic heterocycles. The fourth-order valence-corrected chi connectivity index (χ4v) is 9.36. The predicted molar refractivity (Wildman–Crippen MR) is 248 cm³/mol. The minimum absolute atomic E-state index is 0.558. The van der Waals surface area contributed by atoms with Crippen molar-refractivity contribution >= 4 is 86.8 Å². The summed E-state index contributed by atoms with van der Waals surface area (Å²) in [6.07, 6.45) is 0. The Bertz CT molecular complexity index is 3800. The Hall–Kier alpha value is -8.15. The lowest BCUT2D eigenvalue weighted by Crippen LogP contribution is -2.00. The summed E-state index contributed by atoms with van der Waals surface area (Å²) in [4.78, 5) is 15.5. The quantitative estimate of drug-likeness (QED) is 0.179. The molecule has 10 aromatic carbocycles. The molecule has 0 atom stereocenters. The molecule has 13 aromatic rings. The molecular weight excluding hydrogens is 733 g/mol. The molecule has 0 spiro atoms. The molecule has 3 heterocycles. The van der Waals surface area contributed by atoms with E-state index in [4.69, 9.17) is 19.4 Å². The predicted octanol–water partition coefficient (Wildman–Crippen LogP) is 14.5. The van der Waals surface area contributed by atoms with Gasteiger partial charge in [-0.1, -0.05) is 158 Å². The highest BCUT2D eigenvalue weighted by molar-refractivity contribution is 6.22. The van der Waals surface area contributed by atoms with Crippen molar-refractivity contribution in [2.45, 2.75) is 0 Å². The lowest BCUT2D eigenvalue weighted by molar-refractivity contribution is 0.673. The number of aromatic nitrogens is 4. The number of para-hydroxylation sites is 1. The molecule has 13 rings (SSSR count). The highest BCUT2D eigenvalue weighted by atomic mass is 16.3. The maximum Gasteiger partial charge on any atom is 0.167 e. The van der Waals surface area contributed by atoms with Crippen molar-refractivity contribution in [1.82, 2.24) is 19.5 Å². The molecule has 5 nitrogen and oxygen atoms in total. The van der Waals surface area contributed by atoms with Gasteiger partial charge in [0, 0.05) is 43.4 Å². The van der Waals surface area contributed by atoms with Gasteiger partial charge in [-0.05, 0) is 68.7 Å². The van der Waals surface area contributed by atoms with E-state index in [1.54, 1.807) is 0 Å². The van der Waals surface area contributed by atoms with Crippen LogP contribution in [0.1, 0.15) is 0 Å². The highest BCUT2D eigenvalue weighted by Crippen LogP contribution is 2.44. The molecule has 0 aliphatic rings. The van der Waals surface area contributed by atoms with Crippen LogP contribution in [-0.4, -0.2) is 19.5 Å². The van der Waals surface area contributed by atoms with Gasteiger partial charge in [0.2, 0.25) is 0 Å². The number of rotatable bonds is 4. The van der Waals surface area contributed by atoms with Gasteiger partial charge in [0.25, 0.3) is 0 Å². The Morgan fingerprint density at radius 2 is 0.800 bits per heavy atom. The maximum absolute atomic E-state index is 7.07. The topological polar surface area (TPSA) is 56.7 Å². The van der Waals surface area contributed by atoms with E-state index >= 15 is 0 Å². The Morgan fingerprint density at radius 1 is 0.317 bits per heavy atom. The Morgan fingerprint density at radius 3 is 1.50 bits per heavy atom. The third kappa shape index (κ3) is 4.90. The normalized spacial score (nSPS) is 12.0. The molecule has 0 N–H and O–H groups in total. The number of fused-ring (bicyclic) bond motifs is 11. The van der Waals surface area contributed by atoms with E-state index in [1.165, 1.54) is 32.3 Å². The lowest BCUT2D eigenvalue weighted by atomic mass is 10.0. The molecule has 0 bridgehead atoms. The molecule has 0 unspecified atom stereocenters. The molecule has 60 heavy (non-hydrogen) atoms. The van der Waals surface area contributed by atoms with E-state index in [2.05, 4.69) is 168 Å².